The monoisotopic (exact) mass is 411 g/mol. The topological polar surface area (TPSA) is 92.5 Å². The lowest BCUT2D eigenvalue weighted by Crippen LogP contribution is -2.35. The first-order chi connectivity index (χ1) is 14.0. The third-order valence-corrected chi connectivity index (χ3v) is 6.84. The van der Waals surface area contributed by atoms with Gasteiger partial charge < -0.3 is 9.73 Å². The molecule has 2 heterocycles. The summed E-state index contributed by atoms with van der Waals surface area (Å²) in [6, 6.07) is 13.2. The number of rotatable bonds is 5. The fraction of sp³-hybridized carbons (Fsp3) is 0.238. The van der Waals surface area contributed by atoms with E-state index in [1.54, 1.807) is 42.6 Å². The largest absolute Gasteiger partial charge is 0.444 e. The molecular formula is C21H21N3O4S. The van der Waals surface area contributed by atoms with E-state index in [1.807, 2.05) is 0 Å². The number of nitrogens with one attached hydrogen (secondary N) is 1. The number of amides is 1. The van der Waals surface area contributed by atoms with Crippen molar-refractivity contribution in [1.82, 2.24) is 9.29 Å². The minimum Gasteiger partial charge on any atom is -0.444 e. The van der Waals surface area contributed by atoms with Gasteiger partial charge >= 0.3 is 0 Å². The second-order valence-electron chi connectivity index (χ2n) is 6.89. The molecule has 150 valence electrons. The fourth-order valence-electron chi connectivity index (χ4n) is 3.31. The van der Waals surface area contributed by atoms with Crippen LogP contribution in [0.25, 0.3) is 11.3 Å². The van der Waals surface area contributed by atoms with Gasteiger partial charge in [-0.05, 0) is 49.2 Å². The minimum absolute atomic E-state index is 0.244. The number of hydrogen-bond acceptors (Lipinski definition) is 5. The number of benzene rings is 2. The SMILES string of the molecule is O=C(Nc1ccc(S(=O)(=O)N2CCCCC2)cc1)c1ccc(-c2cnco2)cc1. The van der Waals surface area contributed by atoms with Crippen LogP contribution in [0.1, 0.15) is 29.6 Å². The smallest absolute Gasteiger partial charge is 0.255 e. The summed E-state index contributed by atoms with van der Waals surface area (Å²) in [6.45, 7) is 1.12. The van der Waals surface area contributed by atoms with Crippen LogP contribution in [0.4, 0.5) is 5.69 Å². The summed E-state index contributed by atoms with van der Waals surface area (Å²) in [5.74, 6) is 0.350. The van der Waals surface area contributed by atoms with E-state index in [2.05, 4.69) is 10.3 Å². The third kappa shape index (κ3) is 4.23. The van der Waals surface area contributed by atoms with Crippen LogP contribution >= 0.6 is 0 Å². The Morgan fingerprint density at radius 1 is 0.966 bits per heavy atom. The quantitative estimate of drug-likeness (QED) is 0.690. The Labute approximate surface area is 169 Å². The van der Waals surface area contributed by atoms with E-state index in [-0.39, 0.29) is 10.8 Å². The van der Waals surface area contributed by atoms with Gasteiger partial charge in [0.25, 0.3) is 5.91 Å². The lowest BCUT2D eigenvalue weighted by Gasteiger charge is -2.25. The Morgan fingerprint density at radius 2 is 1.66 bits per heavy atom. The normalized spacial score (nSPS) is 15.2. The molecular weight excluding hydrogens is 390 g/mol. The summed E-state index contributed by atoms with van der Waals surface area (Å²) in [6.07, 6.45) is 5.81. The average Bonchev–Trinajstić information content (AvgIpc) is 3.30. The Hall–Kier alpha value is -2.97. The van der Waals surface area contributed by atoms with Crippen LogP contribution in [-0.2, 0) is 10.0 Å². The van der Waals surface area contributed by atoms with E-state index >= 15 is 0 Å². The highest BCUT2D eigenvalue weighted by molar-refractivity contribution is 7.89. The number of carbonyl (C=O) groups excluding carboxylic acids is 1. The summed E-state index contributed by atoms with van der Waals surface area (Å²) in [5.41, 5.74) is 1.84. The van der Waals surface area contributed by atoms with Crippen LogP contribution in [0, 0.1) is 0 Å². The van der Waals surface area contributed by atoms with E-state index in [4.69, 9.17) is 4.42 Å². The molecule has 0 spiro atoms. The van der Waals surface area contributed by atoms with Crippen molar-refractivity contribution in [2.75, 3.05) is 18.4 Å². The number of hydrogen-bond donors (Lipinski definition) is 1. The predicted octanol–water partition coefficient (Wildman–Crippen LogP) is 3.77. The molecule has 1 aliphatic heterocycles. The van der Waals surface area contributed by atoms with Gasteiger partial charge in [0, 0.05) is 29.9 Å². The van der Waals surface area contributed by atoms with Crippen LogP contribution < -0.4 is 5.32 Å². The number of aromatic nitrogens is 1. The lowest BCUT2D eigenvalue weighted by atomic mass is 10.1. The predicted molar refractivity (Wildman–Crippen MR) is 109 cm³/mol. The first-order valence-electron chi connectivity index (χ1n) is 9.44. The van der Waals surface area contributed by atoms with Gasteiger partial charge in [0.15, 0.2) is 12.2 Å². The Kier molecular flexibility index (Phi) is 5.46. The lowest BCUT2D eigenvalue weighted by molar-refractivity contribution is 0.102. The summed E-state index contributed by atoms with van der Waals surface area (Å²) in [7, 11) is -3.48. The highest BCUT2D eigenvalue weighted by Gasteiger charge is 2.25. The molecule has 1 aromatic heterocycles. The van der Waals surface area contributed by atoms with Gasteiger partial charge in [0.1, 0.15) is 0 Å². The molecule has 0 unspecified atom stereocenters. The summed E-state index contributed by atoms with van der Waals surface area (Å²) >= 11 is 0. The molecule has 1 aliphatic rings. The molecule has 2 aromatic carbocycles. The van der Waals surface area contributed by atoms with E-state index in [9.17, 15) is 13.2 Å². The Bertz CT molecular complexity index is 1070. The van der Waals surface area contributed by atoms with Crippen molar-refractivity contribution in [3.8, 4) is 11.3 Å². The number of anilines is 1. The third-order valence-electron chi connectivity index (χ3n) is 4.93. The molecule has 0 atom stereocenters. The Morgan fingerprint density at radius 3 is 2.28 bits per heavy atom. The molecule has 3 aromatic rings. The van der Waals surface area contributed by atoms with Gasteiger partial charge in [-0.1, -0.05) is 18.6 Å². The van der Waals surface area contributed by atoms with Gasteiger partial charge in [0.05, 0.1) is 11.1 Å². The molecule has 0 aliphatic carbocycles. The van der Waals surface area contributed by atoms with Gasteiger partial charge in [-0.2, -0.15) is 4.31 Å². The zero-order chi connectivity index (χ0) is 20.3. The summed E-state index contributed by atoms with van der Waals surface area (Å²) in [5, 5.41) is 2.79. The molecule has 4 rings (SSSR count). The van der Waals surface area contributed by atoms with E-state index in [0.717, 1.165) is 24.8 Å². The van der Waals surface area contributed by atoms with Crippen molar-refractivity contribution in [2.24, 2.45) is 0 Å². The minimum atomic E-state index is -3.48. The van der Waals surface area contributed by atoms with Crippen LogP contribution in [0.15, 0.2) is 70.4 Å². The summed E-state index contributed by atoms with van der Waals surface area (Å²) < 4.78 is 32.2. The average molecular weight is 411 g/mol. The van der Waals surface area contributed by atoms with Crippen molar-refractivity contribution in [1.29, 1.82) is 0 Å². The number of oxazole rings is 1. The Balaban J connectivity index is 1.44. The zero-order valence-electron chi connectivity index (χ0n) is 15.7. The van der Waals surface area contributed by atoms with Crippen LogP contribution in [0.3, 0.4) is 0 Å². The second-order valence-corrected chi connectivity index (χ2v) is 8.82. The molecule has 7 nitrogen and oxygen atoms in total. The molecule has 1 N–H and O–H groups in total. The first-order valence-corrected chi connectivity index (χ1v) is 10.9. The van der Waals surface area contributed by atoms with Crippen LogP contribution in [-0.4, -0.2) is 36.7 Å². The molecule has 29 heavy (non-hydrogen) atoms. The van der Waals surface area contributed by atoms with Crippen molar-refractivity contribution in [3.05, 3.63) is 66.7 Å². The highest BCUT2D eigenvalue weighted by Crippen LogP contribution is 2.23. The summed E-state index contributed by atoms with van der Waals surface area (Å²) in [4.78, 5) is 16.6. The molecule has 0 saturated carbocycles. The molecule has 1 amide bonds. The molecule has 1 fully saturated rings. The molecule has 0 bridgehead atoms. The van der Waals surface area contributed by atoms with Crippen molar-refractivity contribution >= 4 is 21.6 Å². The molecule has 0 radical (unpaired) electrons. The zero-order valence-corrected chi connectivity index (χ0v) is 16.6. The standard InChI is InChI=1S/C21H21N3O4S/c25-21(17-6-4-16(5-7-17)20-14-22-15-28-20)23-18-8-10-19(11-9-18)29(26,27)24-12-2-1-3-13-24/h4-11,14-15H,1-3,12-13H2,(H,23,25). The van der Waals surface area contributed by atoms with Crippen LogP contribution in [0.5, 0.6) is 0 Å². The second kappa shape index (κ2) is 8.18. The fourth-order valence-corrected chi connectivity index (χ4v) is 4.83. The van der Waals surface area contributed by atoms with Crippen molar-refractivity contribution in [2.45, 2.75) is 24.2 Å². The maximum atomic E-state index is 12.7. The number of carbonyl (C=O) groups is 1. The van der Waals surface area contributed by atoms with E-state index < -0.39 is 10.0 Å². The molecule has 8 heteroatoms. The van der Waals surface area contributed by atoms with Crippen molar-refractivity contribution in [3.63, 3.8) is 0 Å². The molecule has 1 saturated heterocycles. The van der Waals surface area contributed by atoms with Gasteiger partial charge in [0.2, 0.25) is 10.0 Å². The van der Waals surface area contributed by atoms with Crippen molar-refractivity contribution < 1.29 is 17.6 Å². The van der Waals surface area contributed by atoms with E-state index in [0.29, 0.717) is 30.1 Å². The number of sulfonamides is 1. The van der Waals surface area contributed by atoms with E-state index in [1.165, 1.54) is 22.8 Å². The maximum absolute atomic E-state index is 12.7. The van der Waals surface area contributed by atoms with Crippen LogP contribution in [0.2, 0.25) is 0 Å². The highest BCUT2D eigenvalue weighted by atomic mass is 32.2. The van der Waals surface area contributed by atoms with Gasteiger partial charge in [-0.15, -0.1) is 0 Å². The van der Waals surface area contributed by atoms with Gasteiger partial charge in [-0.3, -0.25) is 4.79 Å². The maximum Gasteiger partial charge on any atom is 0.255 e. The van der Waals surface area contributed by atoms with Gasteiger partial charge in [-0.25, -0.2) is 13.4 Å². The number of nitrogens with zero attached hydrogens (tertiary/aromatic N) is 2. The first kappa shape index (κ1) is 19.4. The number of piperidine rings is 1.